The van der Waals surface area contributed by atoms with E-state index in [1.165, 1.54) is 6.07 Å². The monoisotopic (exact) mass is 277 g/mol. The molecule has 1 unspecified atom stereocenters. The molecule has 0 saturated heterocycles. The molecule has 2 aromatic carbocycles. The van der Waals surface area contributed by atoms with Crippen molar-refractivity contribution < 1.29 is 13.5 Å². The van der Waals surface area contributed by atoms with Crippen LogP contribution in [0.4, 0.5) is 8.78 Å². The molecule has 2 rings (SSSR count). The second-order valence-electron chi connectivity index (χ2n) is 4.53. The highest BCUT2D eigenvalue weighted by Crippen LogP contribution is 2.23. The Hall–Kier alpha value is -1.94. The number of halogens is 2. The summed E-state index contributed by atoms with van der Waals surface area (Å²) in [4.78, 5) is 0. The van der Waals surface area contributed by atoms with Crippen molar-refractivity contribution in [3.8, 4) is 5.75 Å². The van der Waals surface area contributed by atoms with Gasteiger partial charge in [0.25, 0.3) is 0 Å². The van der Waals surface area contributed by atoms with E-state index in [1.54, 1.807) is 20.2 Å². The van der Waals surface area contributed by atoms with Gasteiger partial charge in [-0.3, -0.25) is 0 Å². The summed E-state index contributed by atoms with van der Waals surface area (Å²) in [6, 6.07) is 11.7. The van der Waals surface area contributed by atoms with Gasteiger partial charge in [-0.1, -0.05) is 24.3 Å². The lowest BCUT2D eigenvalue weighted by molar-refractivity contribution is 0.414. The van der Waals surface area contributed by atoms with Crippen molar-refractivity contribution in [1.82, 2.24) is 5.32 Å². The third kappa shape index (κ3) is 3.14. The van der Waals surface area contributed by atoms with Gasteiger partial charge >= 0.3 is 0 Å². The minimum atomic E-state index is -0.813. The molecule has 2 nitrogen and oxygen atoms in total. The van der Waals surface area contributed by atoms with E-state index in [0.717, 1.165) is 17.4 Å². The predicted octanol–water partition coefficient (Wildman–Crippen LogP) is 3.48. The Morgan fingerprint density at radius 2 is 1.80 bits per heavy atom. The lowest BCUT2D eigenvalue weighted by Gasteiger charge is -2.17. The van der Waals surface area contributed by atoms with Gasteiger partial charge in [0.1, 0.15) is 5.75 Å². The Kier molecular flexibility index (Phi) is 4.69. The fourth-order valence-electron chi connectivity index (χ4n) is 2.15. The molecule has 0 aliphatic rings. The molecule has 4 heteroatoms. The molecule has 0 spiro atoms. The quantitative estimate of drug-likeness (QED) is 0.903. The third-order valence-corrected chi connectivity index (χ3v) is 3.32. The average Bonchev–Trinajstić information content (AvgIpc) is 2.49. The number of hydrogen-bond donors (Lipinski definition) is 1. The first-order chi connectivity index (χ1) is 9.65. The van der Waals surface area contributed by atoms with Gasteiger partial charge in [0, 0.05) is 6.04 Å². The van der Waals surface area contributed by atoms with Crippen LogP contribution in [0.5, 0.6) is 5.75 Å². The molecule has 1 atom stereocenters. The van der Waals surface area contributed by atoms with E-state index in [2.05, 4.69) is 5.32 Å². The maximum atomic E-state index is 13.7. The molecule has 20 heavy (non-hydrogen) atoms. The maximum Gasteiger partial charge on any atom is 0.162 e. The second-order valence-corrected chi connectivity index (χ2v) is 4.53. The first-order valence-electron chi connectivity index (χ1n) is 6.39. The van der Waals surface area contributed by atoms with Gasteiger partial charge < -0.3 is 10.1 Å². The number of likely N-dealkylation sites (N-methyl/N-ethyl adjacent to an activating group) is 1. The van der Waals surface area contributed by atoms with Crippen LogP contribution in [-0.4, -0.2) is 14.2 Å². The van der Waals surface area contributed by atoms with E-state index >= 15 is 0 Å². The first kappa shape index (κ1) is 14.5. The Morgan fingerprint density at radius 3 is 2.40 bits per heavy atom. The van der Waals surface area contributed by atoms with Crippen molar-refractivity contribution in [1.29, 1.82) is 0 Å². The van der Waals surface area contributed by atoms with Crippen molar-refractivity contribution in [2.45, 2.75) is 12.5 Å². The Bertz CT molecular complexity index is 569. The number of nitrogens with one attached hydrogen (secondary N) is 1. The second kappa shape index (κ2) is 6.48. The Balaban J connectivity index is 2.21. The van der Waals surface area contributed by atoms with Crippen LogP contribution in [-0.2, 0) is 6.42 Å². The van der Waals surface area contributed by atoms with Gasteiger partial charge in [0.05, 0.1) is 7.11 Å². The number of rotatable bonds is 5. The van der Waals surface area contributed by atoms with Crippen molar-refractivity contribution in [2.75, 3.05) is 14.2 Å². The fourth-order valence-corrected chi connectivity index (χ4v) is 2.15. The molecule has 0 bridgehead atoms. The summed E-state index contributed by atoms with van der Waals surface area (Å²) < 4.78 is 32.0. The molecule has 1 N–H and O–H groups in total. The molecule has 0 aliphatic heterocycles. The normalized spacial score (nSPS) is 12.2. The summed E-state index contributed by atoms with van der Waals surface area (Å²) in [6.07, 6.45) is 0.381. The minimum absolute atomic E-state index is 0.0859. The van der Waals surface area contributed by atoms with Crippen molar-refractivity contribution >= 4 is 0 Å². The molecule has 0 heterocycles. The fraction of sp³-hybridized carbons (Fsp3) is 0.250. The van der Waals surface area contributed by atoms with Crippen molar-refractivity contribution in [2.24, 2.45) is 0 Å². The number of benzene rings is 2. The van der Waals surface area contributed by atoms with Gasteiger partial charge in [-0.15, -0.1) is 0 Å². The van der Waals surface area contributed by atoms with Crippen LogP contribution in [0.1, 0.15) is 17.2 Å². The lowest BCUT2D eigenvalue weighted by Crippen LogP contribution is -2.19. The third-order valence-electron chi connectivity index (χ3n) is 3.32. The zero-order chi connectivity index (χ0) is 14.5. The van der Waals surface area contributed by atoms with Crippen molar-refractivity contribution in [3.05, 3.63) is 65.2 Å². The van der Waals surface area contributed by atoms with Crippen LogP contribution in [0, 0.1) is 11.6 Å². The van der Waals surface area contributed by atoms with Crippen LogP contribution in [0.15, 0.2) is 42.5 Å². The summed E-state index contributed by atoms with van der Waals surface area (Å²) in [5, 5.41) is 3.12. The van der Waals surface area contributed by atoms with Gasteiger partial charge in [0.2, 0.25) is 0 Å². The molecule has 0 aliphatic carbocycles. The summed E-state index contributed by atoms with van der Waals surface area (Å²) in [5.41, 5.74) is 1.36. The molecule has 0 aromatic heterocycles. The van der Waals surface area contributed by atoms with E-state index < -0.39 is 11.6 Å². The molecule has 0 saturated carbocycles. The van der Waals surface area contributed by atoms with Gasteiger partial charge in [-0.05, 0) is 42.8 Å². The zero-order valence-corrected chi connectivity index (χ0v) is 11.5. The summed E-state index contributed by atoms with van der Waals surface area (Å²) in [7, 11) is 3.40. The van der Waals surface area contributed by atoms with Gasteiger partial charge in [-0.2, -0.15) is 0 Å². The van der Waals surface area contributed by atoms with E-state index in [1.807, 2.05) is 24.3 Å². The largest absolute Gasteiger partial charge is 0.497 e. The highest BCUT2D eigenvalue weighted by molar-refractivity contribution is 5.31. The van der Waals surface area contributed by atoms with Crippen molar-refractivity contribution in [3.63, 3.8) is 0 Å². The summed E-state index contributed by atoms with van der Waals surface area (Å²) in [6.45, 7) is 0. The Morgan fingerprint density at radius 1 is 1.10 bits per heavy atom. The molecule has 106 valence electrons. The number of ether oxygens (including phenoxy) is 1. The van der Waals surface area contributed by atoms with E-state index in [9.17, 15) is 8.78 Å². The molecular weight excluding hydrogens is 260 g/mol. The van der Waals surface area contributed by atoms with Crippen LogP contribution in [0.3, 0.4) is 0 Å². The zero-order valence-electron chi connectivity index (χ0n) is 11.5. The lowest BCUT2D eigenvalue weighted by atomic mass is 9.98. The van der Waals surface area contributed by atoms with E-state index in [0.29, 0.717) is 12.0 Å². The highest BCUT2D eigenvalue weighted by Gasteiger charge is 2.15. The molecule has 0 amide bonds. The number of hydrogen-bond acceptors (Lipinski definition) is 2. The Labute approximate surface area is 117 Å². The standard InChI is InChI=1S/C16H17F2NO/c1-19-15(11-6-8-13(20-2)9-7-11)10-12-4-3-5-14(17)16(12)18/h3-9,15,19H,10H2,1-2H3. The topological polar surface area (TPSA) is 21.3 Å². The van der Waals surface area contributed by atoms with Crippen LogP contribution in [0.25, 0.3) is 0 Å². The van der Waals surface area contributed by atoms with Crippen LogP contribution in [0.2, 0.25) is 0 Å². The van der Waals surface area contributed by atoms with E-state index in [4.69, 9.17) is 4.74 Å². The average molecular weight is 277 g/mol. The number of methoxy groups -OCH3 is 1. The predicted molar refractivity (Wildman–Crippen MR) is 74.9 cm³/mol. The van der Waals surface area contributed by atoms with Crippen LogP contribution < -0.4 is 10.1 Å². The molecule has 2 aromatic rings. The summed E-state index contributed by atoms with van der Waals surface area (Å²) >= 11 is 0. The smallest absolute Gasteiger partial charge is 0.162 e. The molecule has 0 radical (unpaired) electrons. The van der Waals surface area contributed by atoms with Gasteiger partial charge in [0.15, 0.2) is 11.6 Å². The SMILES string of the molecule is CNC(Cc1cccc(F)c1F)c1ccc(OC)cc1. The van der Waals surface area contributed by atoms with Gasteiger partial charge in [-0.25, -0.2) is 8.78 Å². The first-order valence-corrected chi connectivity index (χ1v) is 6.39. The molecule has 0 fully saturated rings. The van der Waals surface area contributed by atoms with E-state index in [-0.39, 0.29) is 6.04 Å². The highest BCUT2D eigenvalue weighted by atomic mass is 19.2. The molecular formula is C16H17F2NO. The maximum absolute atomic E-state index is 13.7. The minimum Gasteiger partial charge on any atom is -0.497 e. The van der Waals surface area contributed by atoms with Crippen LogP contribution >= 0.6 is 0 Å². The summed E-state index contributed by atoms with van der Waals surface area (Å²) in [5.74, 6) is -0.825.